The van der Waals surface area contributed by atoms with Crippen molar-refractivity contribution in [2.75, 3.05) is 18.6 Å². The average Bonchev–Trinajstić information content (AvgIpc) is 2.68. The minimum atomic E-state index is -0.252. The van der Waals surface area contributed by atoms with Gasteiger partial charge in [0.15, 0.2) is 5.11 Å². The summed E-state index contributed by atoms with van der Waals surface area (Å²) >= 11 is 8.83. The molecule has 0 heterocycles. The molecule has 1 N–H and O–H groups in total. The Morgan fingerprint density at radius 1 is 1.15 bits per heavy atom. The number of halogens is 1. The second-order valence-electron chi connectivity index (χ2n) is 6.21. The number of ether oxygens (including phenoxy) is 1. The van der Waals surface area contributed by atoms with Crippen molar-refractivity contribution in [2.45, 2.75) is 32.6 Å². The highest BCUT2D eigenvalue weighted by molar-refractivity contribution is 9.10. The Hall–Kier alpha value is -1.92. The second-order valence-corrected chi connectivity index (χ2v) is 7.45. The Bertz CT molecular complexity index is 768. The molecule has 0 spiro atoms. The van der Waals surface area contributed by atoms with Crippen molar-refractivity contribution in [1.29, 1.82) is 0 Å². The fourth-order valence-corrected chi connectivity index (χ4v) is 3.18. The molecule has 1 amide bonds. The van der Waals surface area contributed by atoms with Gasteiger partial charge in [0.25, 0.3) is 5.91 Å². The summed E-state index contributed by atoms with van der Waals surface area (Å²) in [6, 6.07) is 15.0. The van der Waals surface area contributed by atoms with Crippen molar-refractivity contribution < 1.29 is 9.53 Å². The molecule has 0 saturated carbocycles. The highest BCUT2D eigenvalue weighted by atomic mass is 79.9. The van der Waals surface area contributed by atoms with Gasteiger partial charge in [-0.05, 0) is 64.9 Å². The molecule has 0 atom stereocenters. The molecule has 2 rings (SSSR count). The van der Waals surface area contributed by atoms with Gasteiger partial charge in [-0.25, -0.2) is 0 Å². The van der Waals surface area contributed by atoms with E-state index in [1.54, 1.807) is 17.0 Å². The van der Waals surface area contributed by atoms with E-state index in [1.807, 2.05) is 43.4 Å². The molecule has 0 aliphatic carbocycles. The predicted octanol–water partition coefficient (Wildman–Crippen LogP) is 5.56. The largest absolute Gasteiger partial charge is 0.492 e. The Morgan fingerprint density at radius 3 is 2.56 bits per heavy atom. The molecule has 6 heteroatoms. The lowest BCUT2D eigenvalue weighted by Gasteiger charge is -2.20. The molecule has 0 aliphatic rings. The Balaban J connectivity index is 1.92. The van der Waals surface area contributed by atoms with Crippen LogP contribution < -0.4 is 15.0 Å². The fraction of sp³-hybridized carbons (Fsp3) is 0.333. The summed E-state index contributed by atoms with van der Waals surface area (Å²) in [5, 5.41) is 3.11. The van der Waals surface area contributed by atoms with E-state index in [9.17, 15) is 4.79 Å². The number of anilines is 1. The third-order valence-electron chi connectivity index (χ3n) is 4.12. The maximum atomic E-state index is 12.5. The third kappa shape index (κ3) is 6.63. The summed E-state index contributed by atoms with van der Waals surface area (Å²) in [4.78, 5) is 14.3. The number of para-hydroxylation sites is 1. The van der Waals surface area contributed by atoms with Crippen LogP contribution in [0.2, 0.25) is 0 Å². The van der Waals surface area contributed by atoms with Crippen LogP contribution in [0.15, 0.2) is 53.0 Å². The molecule has 2 aromatic carbocycles. The van der Waals surface area contributed by atoms with Crippen LogP contribution in [0.25, 0.3) is 0 Å². The Kier molecular flexibility index (Phi) is 8.75. The van der Waals surface area contributed by atoms with Gasteiger partial charge in [0.05, 0.1) is 11.1 Å². The smallest absolute Gasteiger partial charge is 0.257 e. The van der Waals surface area contributed by atoms with E-state index in [0.717, 1.165) is 22.3 Å². The minimum Gasteiger partial charge on any atom is -0.492 e. The minimum absolute atomic E-state index is 0.252. The number of rotatable bonds is 8. The van der Waals surface area contributed by atoms with Crippen molar-refractivity contribution in [3.05, 3.63) is 58.6 Å². The summed E-state index contributed by atoms with van der Waals surface area (Å²) in [6.45, 7) is 2.86. The summed E-state index contributed by atoms with van der Waals surface area (Å²) in [7, 11) is 1.82. The number of carbonyl (C=O) groups excluding carboxylic acids is 1. The van der Waals surface area contributed by atoms with E-state index in [1.165, 1.54) is 19.3 Å². The molecule has 0 fully saturated rings. The standard InChI is InChI=1S/C21H25BrN2O2S/c1-3-4-5-9-14-26-19-13-12-16(15-18(19)22)20(25)23-21(27)24(2)17-10-7-6-8-11-17/h6-8,10-13,15H,3-5,9,14H2,1-2H3,(H,23,25,27). The highest BCUT2D eigenvalue weighted by Gasteiger charge is 2.14. The third-order valence-corrected chi connectivity index (χ3v) is 5.11. The fourth-order valence-electron chi connectivity index (χ4n) is 2.49. The molecule has 2 aromatic rings. The normalized spacial score (nSPS) is 10.3. The van der Waals surface area contributed by atoms with Gasteiger partial charge in [0, 0.05) is 18.3 Å². The Labute approximate surface area is 175 Å². The number of benzene rings is 2. The van der Waals surface area contributed by atoms with Crippen LogP contribution in [-0.2, 0) is 0 Å². The van der Waals surface area contributed by atoms with Crippen molar-refractivity contribution in [3.8, 4) is 5.75 Å². The van der Waals surface area contributed by atoms with Gasteiger partial charge >= 0.3 is 0 Å². The predicted molar refractivity (Wildman–Crippen MR) is 119 cm³/mol. The molecule has 0 saturated heterocycles. The second kappa shape index (κ2) is 11.0. The average molecular weight is 449 g/mol. The van der Waals surface area contributed by atoms with Crippen LogP contribution in [0.4, 0.5) is 5.69 Å². The first-order valence-electron chi connectivity index (χ1n) is 9.09. The maximum Gasteiger partial charge on any atom is 0.257 e. The van der Waals surface area contributed by atoms with E-state index >= 15 is 0 Å². The molecule has 27 heavy (non-hydrogen) atoms. The van der Waals surface area contributed by atoms with Crippen LogP contribution >= 0.6 is 28.1 Å². The van der Waals surface area contributed by atoms with Gasteiger partial charge in [-0.3, -0.25) is 10.1 Å². The first-order valence-corrected chi connectivity index (χ1v) is 10.3. The highest BCUT2D eigenvalue weighted by Crippen LogP contribution is 2.26. The van der Waals surface area contributed by atoms with E-state index in [-0.39, 0.29) is 5.91 Å². The first-order chi connectivity index (χ1) is 13.0. The zero-order valence-electron chi connectivity index (χ0n) is 15.7. The quantitative estimate of drug-likeness (QED) is 0.423. The molecule has 0 aromatic heterocycles. The van der Waals surface area contributed by atoms with Crippen LogP contribution in [0.5, 0.6) is 5.75 Å². The van der Waals surface area contributed by atoms with E-state index in [4.69, 9.17) is 17.0 Å². The summed E-state index contributed by atoms with van der Waals surface area (Å²) in [5.74, 6) is 0.491. The summed E-state index contributed by atoms with van der Waals surface area (Å²) < 4.78 is 6.54. The Morgan fingerprint density at radius 2 is 1.89 bits per heavy atom. The zero-order chi connectivity index (χ0) is 19.6. The van der Waals surface area contributed by atoms with Crippen LogP contribution in [-0.4, -0.2) is 24.7 Å². The van der Waals surface area contributed by atoms with E-state index in [2.05, 4.69) is 28.2 Å². The van der Waals surface area contributed by atoms with Crippen LogP contribution in [0.3, 0.4) is 0 Å². The monoisotopic (exact) mass is 448 g/mol. The van der Waals surface area contributed by atoms with Gasteiger partial charge in [-0.1, -0.05) is 44.4 Å². The van der Waals surface area contributed by atoms with Crippen molar-refractivity contribution in [3.63, 3.8) is 0 Å². The van der Waals surface area contributed by atoms with Crippen molar-refractivity contribution in [1.82, 2.24) is 5.32 Å². The molecule has 0 unspecified atom stereocenters. The molecule has 4 nitrogen and oxygen atoms in total. The van der Waals surface area contributed by atoms with Crippen molar-refractivity contribution in [2.24, 2.45) is 0 Å². The molecule has 0 aliphatic heterocycles. The summed E-state index contributed by atoms with van der Waals surface area (Å²) in [6.07, 6.45) is 4.62. The number of amides is 1. The molecule has 0 bridgehead atoms. The molecule has 0 radical (unpaired) electrons. The van der Waals surface area contributed by atoms with Gasteiger partial charge in [-0.2, -0.15) is 0 Å². The van der Waals surface area contributed by atoms with Gasteiger partial charge in [0.2, 0.25) is 0 Å². The van der Waals surface area contributed by atoms with Gasteiger partial charge in [-0.15, -0.1) is 0 Å². The number of hydrogen-bond acceptors (Lipinski definition) is 3. The molecular formula is C21H25BrN2O2S. The van der Waals surface area contributed by atoms with E-state index in [0.29, 0.717) is 17.3 Å². The van der Waals surface area contributed by atoms with Crippen LogP contribution in [0.1, 0.15) is 43.0 Å². The number of hydrogen-bond donors (Lipinski definition) is 1. The van der Waals surface area contributed by atoms with Crippen molar-refractivity contribution >= 4 is 44.9 Å². The molecular weight excluding hydrogens is 424 g/mol. The summed E-state index contributed by atoms with van der Waals surface area (Å²) in [5.41, 5.74) is 1.43. The lowest BCUT2D eigenvalue weighted by atomic mass is 10.2. The number of nitrogens with one attached hydrogen (secondary N) is 1. The number of carbonyl (C=O) groups is 1. The van der Waals surface area contributed by atoms with Gasteiger partial charge < -0.3 is 9.64 Å². The van der Waals surface area contributed by atoms with Crippen LogP contribution in [0, 0.1) is 0 Å². The topological polar surface area (TPSA) is 41.6 Å². The lowest BCUT2D eigenvalue weighted by Crippen LogP contribution is -2.40. The maximum absolute atomic E-state index is 12.5. The molecule has 144 valence electrons. The number of thiocarbonyl (C=S) groups is 1. The SMILES string of the molecule is CCCCCCOc1ccc(C(=O)NC(=S)N(C)c2ccccc2)cc1Br. The van der Waals surface area contributed by atoms with E-state index < -0.39 is 0 Å². The first kappa shape index (κ1) is 21.4. The zero-order valence-corrected chi connectivity index (χ0v) is 18.1. The number of unbranched alkanes of at least 4 members (excludes halogenated alkanes) is 3. The lowest BCUT2D eigenvalue weighted by molar-refractivity contribution is 0.0977. The number of nitrogens with zero attached hydrogens (tertiary/aromatic N) is 1. The van der Waals surface area contributed by atoms with Gasteiger partial charge in [0.1, 0.15) is 5.75 Å².